The highest BCUT2D eigenvalue weighted by atomic mass is 15.3. The maximum atomic E-state index is 3.55. The average molecular weight is 225 g/mol. The molecule has 94 valence electrons. The van der Waals surface area contributed by atoms with E-state index in [1.165, 1.54) is 32.5 Å². The molecule has 2 aliphatic rings. The van der Waals surface area contributed by atoms with Crippen LogP contribution >= 0.6 is 0 Å². The van der Waals surface area contributed by atoms with Crippen molar-refractivity contribution in [2.45, 2.75) is 57.8 Å². The van der Waals surface area contributed by atoms with Gasteiger partial charge in [-0.3, -0.25) is 9.80 Å². The third-order valence-electron chi connectivity index (χ3n) is 4.50. The van der Waals surface area contributed by atoms with Gasteiger partial charge in [0.05, 0.1) is 0 Å². The molecule has 0 aromatic rings. The number of hydrogen-bond acceptors (Lipinski definition) is 3. The van der Waals surface area contributed by atoms with Crippen LogP contribution in [0.5, 0.6) is 0 Å². The molecule has 0 aromatic heterocycles. The summed E-state index contributed by atoms with van der Waals surface area (Å²) in [5.41, 5.74) is 0. The zero-order valence-corrected chi connectivity index (χ0v) is 11.2. The van der Waals surface area contributed by atoms with Gasteiger partial charge in [0, 0.05) is 37.3 Å². The Hall–Kier alpha value is -0.120. The maximum absolute atomic E-state index is 3.55. The highest BCUT2D eigenvalue weighted by Gasteiger charge is 2.32. The van der Waals surface area contributed by atoms with E-state index in [9.17, 15) is 0 Å². The van der Waals surface area contributed by atoms with E-state index in [0.29, 0.717) is 18.1 Å². The summed E-state index contributed by atoms with van der Waals surface area (Å²) in [5, 5.41) is 3.55. The van der Waals surface area contributed by atoms with Crippen LogP contribution in [0.3, 0.4) is 0 Å². The van der Waals surface area contributed by atoms with Crippen molar-refractivity contribution < 1.29 is 0 Å². The number of rotatable bonds is 1. The molecule has 16 heavy (non-hydrogen) atoms. The molecule has 0 amide bonds. The van der Waals surface area contributed by atoms with E-state index in [1.807, 2.05) is 0 Å². The van der Waals surface area contributed by atoms with Gasteiger partial charge in [-0.05, 0) is 47.2 Å². The smallest absolute Gasteiger partial charge is 0.0195 e. The number of piperidine rings is 1. The molecule has 0 bridgehead atoms. The number of piperazine rings is 1. The first kappa shape index (κ1) is 12.3. The van der Waals surface area contributed by atoms with Crippen molar-refractivity contribution in [2.24, 2.45) is 0 Å². The Bertz CT molecular complexity index is 219. The predicted molar refractivity (Wildman–Crippen MR) is 68.7 cm³/mol. The van der Waals surface area contributed by atoms with Crippen LogP contribution in [0, 0.1) is 0 Å². The molecular formula is C13H27N3. The molecule has 3 heteroatoms. The number of likely N-dealkylation sites (N-methyl/N-ethyl adjacent to an activating group) is 1. The molecule has 2 saturated heterocycles. The lowest BCUT2D eigenvalue weighted by Crippen LogP contribution is -2.59. The van der Waals surface area contributed by atoms with Gasteiger partial charge < -0.3 is 5.32 Å². The van der Waals surface area contributed by atoms with Gasteiger partial charge in [-0.1, -0.05) is 0 Å². The van der Waals surface area contributed by atoms with Crippen LogP contribution in [0.25, 0.3) is 0 Å². The molecule has 0 saturated carbocycles. The Balaban J connectivity index is 1.94. The second-order valence-electron chi connectivity index (χ2n) is 5.85. The van der Waals surface area contributed by atoms with Gasteiger partial charge >= 0.3 is 0 Å². The molecule has 4 unspecified atom stereocenters. The zero-order chi connectivity index (χ0) is 11.7. The summed E-state index contributed by atoms with van der Waals surface area (Å²) >= 11 is 0. The molecule has 2 heterocycles. The lowest BCUT2D eigenvalue weighted by atomic mass is 9.96. The largest absolute Gasteiger partial charge is 0.314 e. The minimum Gasteiger partial charge on any atom is -0.314 e. The lowest BCUT2D eigenvalue weighted by molar-refractivity contribution is 0.0213. The van der Waals surface area contributed by atoms with Crippen LogP contribution in [0.4, 0.5) is 0 Å². The van der Waals surface area contributed by atoms with Crippen LogP contribution in [0.15, 0.2) is 0 Å². The van der Waals surface area contributed by atoms with Gasteiger partial charge in [0.25, 0.3) is 0 Å². The van der Waals surface area contributed by atoms with Crippen molar-refractivity contribution in [3.8, 4) is 0 Å². The molecule has 2 aliphatic heterocycles. The quantitative estimate of drug-likeness (QED) is 0.722. The second-order valence-corrected chi connectivity index (χ2v) is 5.85. The van der Waals surface area contributed by atoms with Crippen molar-refractivity contribution in [3.05, 3.63) is 0 Å². The molecule has 3 nitrogen and oxygen atoms in total. The zero-order valence-electron chi connectivity index (χ0n) is 11.2. The van der Waals surface area contributed by atoms with E-state index in [-0.39, 0.29) is 0 Å². The van der Waals surface area contributed by atoms with Crippen LogP contribution in [0.2, 0.25) is 0 Å². The van der Waals surface area contributed by atoms with E-state index in [0.717, 1.165) is 6.04 Å². The Morgan fingerprint density at radius 1 is 1.06 bits per heavy atom. The molecule has 0 aromatic carbocycles. The molecule has 1 N–H and O–H groups in total. The highest BCUT2D eigenvalue weighted by molar-refractivity contribution is 4.89. The molecule has 2 fully saturated rings. The Labute approximate surface area is 100 Å². The first-order valence-corrected chi connectivity index (χ1v) is 6.77. The van der Waals surface area contributed by atoms with Crippen LogP contribution in [0.1, 0.15) is 33.6 Å². The fraction of sp³-hybridized carbons (Fsp3) is 1.00. The van der Waals surface area contributed by atoms with Gasteiger partial charge in [-0.25, -0.2) is 0 Å². The first-order chi connectivity index (χ1) is 7.58. The average Bonchev–Trinajstić information content (AvgIpc) is 2.25. The van der Waals surface area contributed by atoms with Gasteiger partial charge in [0.1, 0.15) is 0 Å². The van der Waals surface area contributed by atoms with E-state index < -0.39 is 0 Å². The first-order valence-electron chi connectivity index (χ1n) is 6.77. The molecule has 0 spiro atoms. The summed E-state index contributed by atoms with van der Waals surface area (Å²) in [7, 11) is 2.26. The summed E-state index contributed by atoms with van der Waals surface area (Å²) in [6.07, 6.45) is 2.65. The predicted octanol–water partition coefficient (Wildman–Crippen LogP) is 1.15. The van der Waals surface area contributed by atoms with Gasteiger partial charge in [0.2, 0.25) is 0 Å². The van der Waals surface area contributed by atoms with Gasteiger partial charge in [-0.2, -0.15) is 0 Å². The SMILES string of the molecule is CC1CC(N2CC(C)N(C)C(C)C2)CCN1. The fourth-order valence-electron chi connectivity index (χ4n) is 3.18. The number of hydrogen-bond donors (Lipinski definition) is 1. The van der Waals surface area contributed by atoms with Crippen molar-refractivity contribution in [2.75, 3.05) is 26.7 Å². The summed E-state index contributed by atoms with van der Waals surface area (Å²) in [6, 6.07) is 2.92. The van der Waals surface area contributed by atoms with Crippen LogP contribution in [-0.2, 0) is 0 Å². The standard InChI is InChI=1S/C13H27N3/c1-10-7-13(5-6-14-10)16-8-11(2)15(4)12(3)9-16/h10-14H,5-9H2,1-4H3. The van der Waals surface area contributed by atoms with Gasteiger partial charge in [0.15, 0.2) is 0 Å². The highest BCUT2D eigenvalue weighted by Crippen LogP contribution is 2.21. The van der Waals surface area contributed by atoms with Crippen molar-refractivity contribution >= 4 is 0 Å². The molecule has 2 rings (SSSR count). The van der Waals surface area contributed by atoms with Gasteiger partial charge in [-0.15, -0.1) is 0 Å². The summed E-state index contributed by atoms with van der Waals surface area (Å²) in [6.45, 7) is 10.7. The molecule has 0 radical (unpaired) electrons. The van der Waals surface area contributed by atoms with Crippen molar-refractivity contribution in [3.63, 3.8) is 0 Å². The maximum Gasteiger partial charge on any atom is 0.0195 e. The van der Waals surface area contributed by atoms with Crippen LogP contribution in [-0.4, -0.2) is 60.6 Å². The van der Waals surface area contributed by atoms with Crippen molar-refractivity contribution in [1.82, 2.24) is 15.1 Å². The Kier molecular flexibility index (Phi) is 3.88. The topological polar surface area (TPSA) is 18.5 Å². The van der Waals surface area contributed by atoms with Crippen LogP contribution < -0.4 is 5.32 Å². The second kappa shape index (κ2) is 5.03. The minimum atomic E-state index is 0.698. The summed E-state index contributed by atoms with van der Waals surface area (Å²) in [4.78, 5) is 5.24. The molecule has 4 atom stereocenters. The number of nitrogens with one attached hydrogen (secondary N) is 1. The summed E-state index contributed by atoms with van der Waals surface area (Å²) < 4.78 is 0. The molecular weight excluding hydrogens is 198 g/mol. The Morgan fingerprint density at radius 3 is 2.25 bits per heavy atom. The third-order valence-corrected chi connectivity index (χ3v) is 4.50. The monoisotopic (exact) mass is 225 g/mol. The van der Waals surface area contributed by atoms with Crippen molar-refractivity contribution in [1.29, 1.82) is 0 Å². The lowest BCUT2D eigenvalue weighted by Gasteiger charge is -2.47. The Morgan fingerprint density at radius 2 is 1.69 bits per heavy atom. The van der Waals surface area contributed by atoms with E-state index in [2.05, 4.69) is 42.9 Å². The van der Waals surface area contributed by atoms with E-state index in [1.54, 1.807) is 0 Å². The van der Waals surface area contributed by atoms with E-state index >= 15 is 0 Å². The minimum absolute atomic E-state index is 0.698. The summed E-state index contributed by atoms with van der Waals surface area (Å²) in [5.74, 6) is 0. The molecule has 0 aliphatic carbocycles. The normalized spacial score (nSPS) is 43.5. The van der Waals surface area contributed by atoms with E-state index in [4.69, 9.17) is 0 Å². The third kappa shape index (κ3) is 2.58. The number of nitrogens with zero attached hydrogens (tertiary/aromatic N) is 2. The fourth-order valence-corrected chi connectivity index (χ4v) is 3.18.